The molecule has 1 unspecified atom stereocenters. The Labute approximate surface area is 264 Å². The summed E-state index contributed by atoms with van der Waals surface area (Å²) in [6.07, 6.45) is 9.77. The summed E-state index contributed by atoms with van der Waals surface area (Å²) < 4.78 is 32.2. The fourth-order valence-electron chi connectivity index (χ4n) is 4.38. The van der Waals surface area contributed by atoms with Gasteiger partial charge in [0.15, 0.2) is 17.0 Å². The van der Waals surface area contributed by atoms with E-state index in [9.17, 15) is 18.9 Å². The molecule has 16 nitrogen and oxygen atoms in total. The number of nitrogens with two attached hydrogens (primary N) is 1. The number of anilines is 2. The van der Waals surface area contributed by atoms with E-state index in [1.807, 2.05) is 22.8 Å². The molecule has 1 fully saturated rings. The van der Waals surface area contributed by atoms with Gasteiger partial charge in [0.2, 0.25) is 5.95 Å². The van der Waals surface area contributed by atoms with Crippen LogP contribution in [-0.4, -0.2) is 72.9 Å². The van der Waals surface area contributed by atoms with Crippen LogP contribution in [0.2, 0.25) is 0 Å². The molecule has 46 heavy (non-hydrogen) atoms. The van der Waals surface area contributed by atoms with Crippen LogP contribution in [0.3, 0.4) is 0 Å². The monoisotopic (exact) mass is 657 g/mol. The lowest BCUT2D eigenvalue weighted by molar-refractivity contribution is -0.144. The van der Waals surface area contributed by atoms with Crippen molar-refractivity contribution in [2.75, 3.05) is 24.3 Å². The van der Waals surface area contributed by atoms with Crippen molar-refractivity contribution < 1.29 is 42.9 Å². The number of aliphatic carboxylic acids is 2. The van der Waals surface area contributed by atoms with Gasteiger partial charge in [0.25, 0.3) is 0 Å². The molecule has 246 valence electrons. The molecule has 0 aliphatic heterocycles. The Morgan fingerprint density at radius 1 is 1.13 bits per heavy atom. The van der Waals surface area contributed by atoms with Crippen LogP contribution in [0.25, 0.3) is 11.2 Å². The van der Waals surface area contributed by atoms with Crippen molar-refractivity contribution >= 4 is 48.6 Å². The van der Waals surface area contributed by atoms with Gasteiger partial charge in [-0.05, 0) is 45.2 Å². The quantitative estimate of drug-likeness (QED) is 0.0722. The van der Waals surface area contributed by atoms with Crippen molar-refractivity contribution in [2.24, 2.45) is 5.92 Å². The number of benzene rings is 1. The topological polar surface area (TPSA) is 230 Å². The molecule has 2 heterocycles. The number of carboxylic acids is 2. The Morgan fingerprint density at radius 2 is 1.83 bits per heavy atom. The predicted octanol–water partition coefficient (Wildman–Crippen LogP) is 3.56. The van der Waals surface area contributed by atoms with E-state index in [1.165, 1.54) is 0 Å². The van der Waals surface area contributed by atoms with E-state index in [0.717, 1.165) is 12.8 Å². The molecule has 4 atom stereocenters. The number of para-hydroxylation sites is 1. The highest BCUT2D eigenvalue weighted by atomic mass is 31.2. The van der Waals surface area contributed by atoms with E-state index in [4.69, 9.17) is 29.7 Å². The summed E-state index contributed by atoms with van der Waals surface area (Å²) in [5.41, 5.74) is 7.32. The molecule has 6 N–H and O–H groups in total. The van der Waals surface area contributed by atoms with Crippen molar-refractivity contribution in [3.63, 3.8) is 0 Å². The second-order valence-electron chi connectivity index (χ2n) is 10.4. The third-order valence-corrected chi connectivity index (χ3v) is 8.30. The van der Waals surface area contributed by atoms with Gasteiger partial charge in [-0.2, -0.15) is 15.1 Å². The molecule has 0 spiro atoms. The lowest BCUT2D eigenvalue weighted by Gasteiger charge is -2.24. The number of rotatable bonds is 14. The third kappa shape index (κ3) is 9.86. The minimum atomic E-state index is -3.92. The van der Waals surface area contributed by atoms with E-state index in [2.05, 4.69) is 25.4 Å². The molecule has 1 aromatic carbocycles. The van der Waals surface area contributed by atoms with Crippen molar-refractivity contribution in [1.82, 2.24) is 24.6 Å². The standard InChI is InChI=1S/C25H32N7O5P.C4H4O4/c1-3-35-24(33)16(2)31-38(34,37-20-7-5-4-6-8-20)36-14-17-9-12-19(13-17)32-15-27-21-22(28-18-10-11-18)29-25(26)30-23(21)32;5-3(6)1-2-4(7)8/h4-9,12,15-19H,3,10-11,13-14H2,1-2H3,(H,31,34)(H3,26,28,29,30);1-2H,(H,5,6)(H,7,8)/b;2-1+/t16-,17+,19-,38?;/m0./s1. The molecular formula is C29H36N7O9P. The van der Waals surface area contributed by atoms with Crippen LogP contribution in [0.5, 0.6) is 5.75 Å². The number of hydrogen-bond acceptors (Lipinski definition) is 12. The number of hydrogen-bond donors (Lipinski definition) is 5. The average molecular weight is 658 g/mol. The number of imidazole rings is 1. The first-order valence-corrected chi connectivity index (χ1v) is 16.0. The zero-order chi connectivity index (χ0) is 33.3. The molecule has 17 heteroatoms. The van der Waals surface area contributed by atoms with Gasteiger partial charge in [0.1, 0.15) is 11.8 Å². The maximum Gasteiger partial charge on any atom is 0.459 e. The molecule has 0 amide bonds. The number of ether oxygens (including phenoxy) is 1. The molecule has 1 saturated carbocycles. The van der Waals surface area contributed by atoms with E-state index >= 15 is 0 Å². The summed E-state index contributed by atoms with van der Waals surface area (Å²) >= 11 is 0. The minimum absolute atomic E-state index is 0.0440. The fourth-order valence-corrected chi connectivity index (χ4v) is 5.93. The summed E-state index contributed by atoms with van der Waals surface area (Å²) in [6, 6.07) is 8.14. The summed E-state index contributed by atoms with van der Waals surface area (Å²) in [4.78, 5) is 44.6. The zero-order valence-electron chi connectivity index (χ0n) is 25.2. The summed E-state index contributed by atoms with van der Waals surface area (Å²) in [5, 5.41) is 21.7. The Bertz CT molecular complexity index is 1630. The number of nitrogens with zero attached hydrogens (tertiary/aromatic N) is 4. The lowest BCUT2D eigenvalue weighted by Crippen LogP contribution is -2.35. The van der Waals surface area contributed by atoms with Crippen molar-refractivity contribution in [2.45, 2.75) is 51.2 Å². The minimum Gasteiger partial charge on any atom is -0.478 e. The van der Waals surface area contributed by atoms with E-state index in [0.29, 0.717) is 47.3 Å². The maximum absolute atomic E-state index is 13.7. The highest BCUT2D eigenvalue weighted by molar-refractivity contribution is 7.52. The highest BCUT2D eigenvalue weighted by Gasteiger charge is 2.34. The van der Waals surface area contributed by atoms with Crippen molar-refractivity contribution in [3.05, 3.63) is 61.0 Å². The second kappa shape index (κ2) is 15.5. The summed E-state index contributed by atoms with van der Waals surface area (Å²) in [6.45, 7) is 3.58. The second-order valence-corrected chi connectivity index (χ2v) is 12.1. The molecular weight excluding hydrogens is 621 g/mol. The predicted molar refractivity (Wildman–Crippen MR) is 167 cm³/mol. The highest BCUT2D eigenvalue weighted by Crippen LogP contribution is 2.46. The number of aromatic nitrogens is 4. The molecule has 2 aromatic heterocycles. The van der Waals surface area contributed by atoms with Crippen LogP contribution < -0.4 is 20.7 Å². The number of esters is 1. The maximum atomic E-state index is 13.7. The molecule has 2 aliphatic carbocycles. The number of carboxylic acid groups (broad SMARTS) is 2. The average Bonchev–Trinajstić information content (AvgIpc) is 3.52. The van der Waals surface area contributed by atoms with Gasteiger partial charge in [-0.15, -0.1) is 0 Å². The Balaban J connectivity index is 0.000000533. The van der Waals surface area contributed by atoms with Gasteiger partial charge in [-0.1, -0.05) is 30.4 Å². The van der Waals surface area contributed by atoms with Gasteiger partial charge in [-0.3, -0.25) is 9.32 Å². The van der Waals surface area contributed by atoms with Crippen LogP contribution in [-0.2, 0) is 28.2 Å². The molecule has 0 radical (unpaired) electrons. The number of nitrogen functional groups attached to an aromatic ring is 1. The van der Waals surface area contributed by atoms with E-state index < -0.39 is 31.7 Å². The summed E-state index contributed by atoms with van der Waals surface area (Å²) in [5.74, 6) is -1.93. The first-order chi connectivity index (χ1) is 22.0. The van der Waals surface area contributed by atoms with Crippen molar-refractivity contribution in [3.8, 4) is 5.75 Å². The van der Waals surface area contributed by atoms with Crippen LogP contribution in [0, 0.1) is 5.92 Å². The molecule has 3 aromatic rings. The Morgan fingerprint density at radius 3 is 2.46 bits per heavy atom. The SMILES string of the molecule is CCOC(=O)[C@H](C)NP(=O)(OC[C@@H]1C=C[C@H](n2cnc3c(NC4CC4)nc(N)nc32)C1)Oc1ccccc1.O=C(O)/C=C/C(=O)O. The van der Waals surface area contributed by atoms with Gasteiger partial charge < -0.3 is 35.1 Å². The molecule has 0 bridgehead atoms. The lowest BCUT2D eigenvalue weighted by atomic mass is 10.1. The number of nitrogens with one attached hydrogen (secondary N) is 2. The fraction of sp³-hybridized carbons (Fsp3) is 0.379. The smallest absolute Gasteiger partial charge is 0.459 e. The number of carbonyl (C=O) groups excluding carboxylic acids is 1. The van der Waals surface area contributed by atoms with E-state index in [-0.39, 0.29) is 31.1 Å². The van der Waals surface area contributed by atoms with Gasteiger partial charge >= 0.3 is 25.7 Å². The van der Waals surface area contributed by atoms with Crippen LogP contribution in [0.1, 0.15) is 39.2 Å². The van der Waals surface area contributed by atoms with Crippen LogP contribution in [0.15, 0.2) is 61.0 Å². The normalized spacial score (nSPS) is 19.2. The summed E-state index contributed by atoms with van der Waals surface area (Å²) in [7, 11) is -3.92. The first kappa shape index (κ1) is 34.1. The zero-order valence-corrected chi connectivity index (χ0v) is 26.1. The first-order valence-electron chi connectivity index (χ1n) is 14.5. The van der Waals surface area contributed by atoms with Crippen molar-refractivity contribution in [1.29, 1.82) is 0 Å². The largest absolute Gasteiger partial charge is 0.478 e. The van der Waals surface area contributed by atoms with Gasteiger partial charge in [0, 0.05) is 24.1 Å². The third-order valence-electron chi connectivity index (χ3n) is 6.65. The Kier molecular flexibility index (Phi) is 11.5. The molecule has 0 saturated heterocycles. The van der Waals surface area contributed by atoms with Gasteiger partial charge in [-0.25, -0.2) is 19.1 Å². The Hall–Kier alpha value is -4.79. The molecule has 5 rings (SSSR count). The van der Waals surface area contributed by atoms with Gasteiger partial charge in [0.05, 0.1) is 25.6 Å². The molecule has 2 aliphatic rings. The number of fused-ring (bicyclic) bond motifs is 1. The van der Waals surface area contributed by atoms with Crippen LogP contribution in [0.4, 0.5) is 11.8 Å². The van der Waals surface area contributed by atoms with Crippen LogP contribution >= 0.6 is 7.75 Å². The van der Waals surface area contributed by atoms with E-state index in [1.54, 1.807) is 44.4 Å². The number of carbonyl (C=O) groups is 3. The number of allylic oxidation sites excluding steroid dienone is 1.